The van der Waals surface area contributed by atoms with Crippen LogP contribution < -0.4 is 0 Å². The third-order valence-corrected chi connectivity index (χ3v) is 4.72. The summed E-state index contributed by atoms with van der Waals surface area (Å²) >= 11 is 0. The normalized spacial score (nSPS) is 20.2. The number of aliphatic hydroxyl groups is 5. The Morgan fingerprint density at radius 1 is 0.778 bits per heavy atom. The van der Waals surface area contributed by atoms with Gasteiger partial charge in [0, 0.05) is 6.42 Å². The minimum absolute atomic E-state index is 0.515. The number of ketones is 5. The van der Waals surface area contributed by atoms with Crippen molar-refractivity contribution in [1.29, 1.82) is 0 Å². The van der Waals surface area contributed by atoms with Gasteiger partial charge in [0.05, 0.1) is 6.61 Å². The van der Waals surface area contributed by atoms with Crippen LogP contribution in [-0.4, -0.2) is 83.5 Å². The highest BCUT2D eigenvalue weighted by Crippen LogP contribution is 2.43. The molecule has 0 aromatic heterocycles. The fraction of sp³-hybridized carbons (Fsp3) is 0.588. The molecule has 0 saturated heterocycles. The summed E-state index contributed by atoms with van der Waals surface area (Å²) < 4.78 is 0. The van der Waals surface area contributed by atoms with E-state index in [4.69, 9.17) is 0 Å². The zero-order chi connectivity index (χ0) is 22.0. The summed E-state index contributed by atoms with van der Waals surface area (Å²) in [5, 5.41) is 52.7. The van der Waals surface area contributed by atoms with Gasteiger partial charge in [-0.1, -0.05) is 6.08 Å². The summed E-state index contributed by atoms with van der Waals surface area (Å²) in [6.07, 6.45) is 0.129. The summed E-state index contributed by atoms with van der Waals surface area (Å²) in [4.78, 5) is 61.0. The molecule has 4 atom stereocenters. The van der Waals surface area contributed by atoms with E-state index in [0.29, 0.717) is 27.7 Å². The summed E-state index contributed by atoms with van der Waals surface area (Å²) in [7, 11) is 0. The molecular formula is C17H24O10. The Balaban J connectivity index is 7.50. The molecule has 10 nitrogen and oxygen atoms in total. The van der Waals surface area contributed by atoms with Crippen molar-refractivity contribution < 1.29 is 49.5 Å². The Bertz CT molecular complexity index is 698. The Morgan fingerprint density at radius 3 is 1.41 bits per heavy atom. The maximum atomic E-state index is 12.4. The van der Waals surface area contributed by atoms with Crippen LogP contribution in [0.3, 0.4) is 0 Å². The van der Waals surface area contributed by atoms with Crippen LogP contribution in [0.15, 0.2) is 12.7 Å². The van der Waals surface area contributed by atoms with Gasteiger partial charge >= 0.3 is 0 Å². The van der Waals surface area contributed by atoms with E-state index >= 15 is 0 Å². The molecule has 0 rings (SSSR count). The van der Waals surface area contributed by atoms with Crippen molar-refractivity contribution in [2.75, 3.05) is 6.61 Å². The lowest BCUT2D eigenvalue weighted by atomic mass is 9.57. The monoisotopic (exact) mass is 388 g/mol. The van der Waals surface area contributed by atoms with E-state index in [1.807, 2.05) is 0 Å². The average molecular weight is 388 g/mol. The molecule has 10 heteroatoms. The second-order valence-electron chi connectivity index (χ2n) is 6.29. The molecule has 0 aromatic rings. The van der Waals surface area contributed by atoms with Crippen LogP contribution in [0, 0.1) is 0 Å². The highest BCUT2D eigenvalue weighted by Gasteiger charge is 2.78. The molecule has 0 fully saturated rings. The lowest BCUT2D eigenvalue weighted by Crippen LogP contribution is -2.85. The highest BCUT2D eigenvalue weighted by atomic mass is 16.4. The molecule has 0 spiro atoms. The quantitative estimate of drug-likeness (QED) is 0.186. The van der Waals surface area contributed by atoms with Gasteiger partial charge in [0.15, 0.2) is 34.5 Å². The number of allylic oxidation sites excluding steroid dienone is 1. The van der Waals surface area contributed by atoms with Crippen LogP contribution in [0.4, 0.5) is 0 Å². The zero-order valence-electron chi connectivity index (χ0n) is 15.5. The number of Topliss-reactive ketones (excluding diaryl/α,β-unsaturated/α-hetero) is 5. The van der Waals surface area contributed by atoms with Crippen molar-refractivity contribution in [3.63, 3.8) is 0 Å². The molecule has 0 radical (unpaired) electrons. The first-order valence-electron chi connectivity index (χ1n) is 7.75. The Morgan fingerprint density at radius 2 is 1.19 bits per heavy atom. The van der Waals surface area contributed by atoms with E-state index in [1.54, 1.807) is 0 Å². The molecule has 27 heavy (non-hydrogen) atoms. The average Bonchev–Trinajstić information content (AvgIpc) is 2.57. The van der Waals surface area contributed by atoms with E-state index in [1.165, 1.54) is 0 Å². The van der Waals surface area contributed by atoms with Gasteiger partial charge in [0.25, 0.3) is 0 Å². The SMILES string of the molecule is C=CCC(=O)[C@@](O)(C(C)=O)[C@](O)(C(C)=O)[C@](O)(C(C)=O)[C@](O)(CO)C(C)=O. The molecule has 0 heterocycles. The van der Waals surface area contributed by atoms with Gasteiger partial charge in [-0.05, 0) is 27.7 Å². The van der Waals surface area contributed by atoms with Crippen molar-refractivity contribution >= 4 is 28.9 Å². The van der Waals surface area contributed by atoms with Crippen molar-refractivity contribution in [2.45, 2.75) is 56.5 Å². The second kappa shape index (κ2) is 7.87. The molecule has 0 amide bonds. The first kappa shape index (κ1) is 24.9. The largest absolute Gasteiger partial charge is 0.393 e. The van der Waals surface area contributed by atoms with Gasteiger partial charge in [-0.3, -0.25) is 24.0 Å². The fourth-order valence-electron chi connectivity index (χ4n) is 3.03. The molecule has 0 saturated carbocycles. The number of carbonyl (C=O) groups is 5. The van der Waals surface area contributed by atoms with Crippen LogP contribution in [0.5, 0.6) is 0 Å². The van der Waals surface area contributed by atoms with Crippen molar-refractivity contribution in [3.05, 3.63) is 12.7 Å². The van der Waals surface area contributed by atoms with Gasteiger partial charge < -0.3 is 25.5 Å². The summed E-state index contributed by atoms with van der Waals surface area (Å²) in [6, 6.07) is 0. The molecule has 0 aliphatic carbocycles. The molecule has 5 N–H and O–H groups in total. The van der Waals surface area contributed by atoms with Crippen molar-refractivity contribution in [2.24, 2.45) is 0 Å². The van der Waals surface area contributed by atoms with Crippen LogP contribution in [-0.2, 0) is 24.0 Å². The summed E-state index contributed by atoms with van der Waals surface area (Å²) in [6.45, 7) is 3.76. The number of hydrogen-bond acceptors (Lipinski definition) is 10. The molecule has 0 aromatic carbocycles. The minimum atomic E-state index is -4.01. The lowest BCUT2D eigenvalue weighted by Gasteiger charge is -2.52. The zero-order valence-corrected chi connectivity index (χ0v) is 15.5. The van der Waals surface area contributed by atoms with Crippen LogP contribution >= 0.6 is 0 Å². The maximum absolute atomic E-state index is 12.4. The molecule has 152 valence electrons. The highest BCUT2D eigenvalue weighted by molar-refractivity contribution is 6.18. The van der Waals surface area contributed by atoms with Crippen LogP contribution in [0.2, 0.25) is 0 Å². The third kappa shape index (κ3) is 3.09. The first-order valence-corrected chi connectivity index (χ1v) is 7.75. The molecule has 0 bridgehead atoms. The Labute approximate surface area is 155 Å². The van der Waals surface area contributed by atoms with E-state index in [0.717, 1.165) is 6.08 Å². The molecule has 0 aliphatic rings. The maximum Gasteiger partial charge on any atom is 0.220 e. The number of carbonyl (C=O) groups excluding carboxylic acids is 5. The second-order valence-corrected chi connectivity index (χ2v) is 6.29. The van der Waals surface area contributed by atoms with E-state index in [9.17, 15) is 49.5 Å². The first-order chi connectivity index (χ1) is 12.1. The molecule has 0 unspecified atom stereocenters. The van der Waals surface area contributed by atoms with Gasteiger partial charge in [0.1, 0.15) is 0 Å². The van der Waals surface area contributed by atoms with Crippen LogP contribution in [0.1, 0.15) is 34.1 Å². The fourth-order valence-corrected chi connectivity index (χ4v) is 3.03. The predicted octanol–water partition coefficient (Wildman–Crippen LogP) is -2.60. The van der Waals surface area contributed by atoms with E-state index in [2.05, 4.69) is 6.58 Å². The van der Waals surface area contributed by atoms with Gasteiger partial charge in [0.2, 0.25) is 16.8 Å². The number of rotatable bonds is 11. The van der Waals surface area contributed by atoms with E-state index < -0.39 is 64.3 Å². The van der Waals surface area contributed by atoms with Crippen molar-refractivity contribution in [3.8, 4) is 0 Å². The molecular weight excluding hydrogens is 364 g/mol. The predicted molar refractivity (Wildman–Crippen MR) is 89.4 cm³/mol. The van der Waals surface area contributed by atoms with Crippen LogP contribution in [0.25, 0.3) is 0 Å². The summed E-state index contributed by atoms with van der Waals surface area (Å²) in [5.74, 6) is -7.94. The third-order valence-electron chi connectivity index (χ3n) is 4.72. The number of aliphatic hydroxyl groups excluding tert-OH is 1. The lowest BCUT2D eigenvalue weighted by molar-refractivity contribution is -0.265. The Hall–Kier alpha value is -2.11. The van der Waals surface area contributed by atoms with Gasteiger partial charge in [-0.25, -0.2) is 0 Å². The minimum Gasteiger partial charge on any atom is -0.393 e. The van der Waals surface area contributed by atoms with Gasteiger partial charge in [-0.15, -0.1) is 6.58 Å². The summed E-state index contributed by atoms with van der Waals surface area (Å²) in [5.41, 5.74) is -15.2. The standard InChI is InChI=1S/C17H24O10/c1-6-7-13(23)15(25,10(3)20)17(27,12(5)22)16(26,11(4)21)14(24,8-18)9(2)19/h6,18,24-27H,1,7-8H2,2-5H3/t14-,15-,16-,17+/m0/s1. The van der Waals surface area contributed by atoms with E-state index in [-0.39, 0.29) is 0 Å². The van der Waals surface area contributed by atoms with Crippen molar-refractivity contribution in [1.82, 2.24) is 0 Å². The number of hydrogen-bond donors (Lipinski definition) is 5. The van der Waals surface area contributed by atoms with Gasteiger partial charge in [-0.2, -0.15) is 0 Å². The molecule has 0 aliphatic heterocycles. The Kier molecular flexibility index (Phi) is 7.25. The topological polar surface area (TPSA) is 186 Å². The smallest absolute Gasteiger partial charge is 0.220 e.